The molecule has 0 aliphatic heterocycles. The van der Waals surface area contributed by atoms with Crippen LogP contribution in [0.25, 0.3) is 0 Å². The van der Waals surface area contributed by atoms with E-state index in [0.29, 0.717) is 10.6 Å². The molecule has 0 bridgehead atoms. The second kappa shape index (κ2) is 13.5. The van der Waals surface area contributed by atoms with E-state index in [0.717, 1.165) is 26.3 Å². The van der Waals surface area contributed by atoms with Crippen molar-refractivity contribution in [2.24, 2.45) is 0 Å². The summed E-state index contributed by atoms with van der Waals surface area (Å²) in [6.45, 7) is 4.93. The molecular weight excluding hydrogens is 567 g/mol. The van der Waals surface area contributed by atoms with Crippen molar-refractivity contribution < 1.29 is 22.4 Å². The second-order valence-electron chi connectivity index (χ2n) is 10.9. The van der Waals surface area contributed by atoms with Crippen molar-refractivity contribution in [3.05, 3.63) is 101 Å². The minimum Gasteiger partial charge on any atom is -0.350 e. The minimum absolute atomic E-state index is 0.0182. The molecule has 1 unspecified atom stereocenters. The van der Waals surface area contributed by atoms with Gasteiger partial charge in [0.15, 0.2) is 0 Å². The lowest BCUT2D eigenvalue weighted by molar-refractivity contribution is -0.140. The summed E-state index contributed by atoms with van der Waals surface area (Å²) < 4.78 is 42.3. The molecule has 1 atom stereocenters. The van der Waals surface area contributed by atoms with Crippen LogP contribution in [-0.2, 0) is 32.8 Å². The van der Waals surface area contributed by atoms with E-state index >= 15 is 0 Å². The SMILES string of the molecule is CN(C)S(=O)(=O)N(CC(=O)N(Cc1ccc(Cl)cc1)C(Cc1ccccc1)C(=O)NC(C)(C)C)c1ccc(F)cc1. The average Bonchev–Trinajstić information content (AvgIpc) is 2.90. The second-order valence-corrected chi connectivity index (χ2v) is 13.4. The molecule has 1 N–H and O–H groups in total. The van der Waals surface area contributed by atoms with E-state index < -0.39 is 40.1 Å². The summed E-state index contributed by atoms with van der Waals surface area (Å²) in [5.41, 5.74) is 1.05. The van der Waals surface area contributed by atoms with Crippen molar-refractivity contribution in [2.45, 2.75) is 45.3 Å². The Morgan fingerprint density at radius 3 is 2.02 bits per heavy atom. The zero-order chi connectivity index (χ0) is 30.4. The topological polar surface area (TPSA) is 90.0 Å². The van der Waals surface area contributed by atoms with Crippen LogP contribution in [0, 0.1) is 5.82 Å². The molecule has 41 heavy (non-hydrogen) atoms. The molecule has 11 heteroatoms. The van der Waals surface area contributed by atoms with E-state index in [1.807, 2.05) is 51.1 Å². The van der Waals surface area contributed by atoms with Crippen LogP contribution in [-0.4, -0.2) is 61.7 Å². The summed E-state index contributed by atoms with van der Waals surface area (Å²) in [6, 6.07) is 20.0. The fourth-order valence-electron chi connectivity index (χ4n) is 4.12. The summed E-state index contributed by atoms with van der Waals surface area (Å²) in [4.78, 5) is 29.3. The minimum atomic E-state index is -4.17. The quantitative estimate of drug-likeness (QED) is 0.346. The molecule has 0 heterocycles. The van der Waals surface area contributed by atoms with Crippen LogP contribution in [0.2, 0.25) is 5.02 Å². The van der Waals surface area contributed by atoms with Crippen molar-refractivity contribution in [1.29, 1.82) is 0 Å². The average molecular weight is 603 g/mol. The Morgan fingerprint density at radius 1 is 0.902 bits per heavy atom. The number of amides is 2. The van der Waals surface area contributed by atoms with Crippen LogP contribution in [0.5, 0.6) is 0 Å². The van der Waals surface area contributed by atoms with Crippen molar-refractivity contribution >= 4 is 39.3 Å². The molecule has 3 aromatic carbocycles. The van der Waals surface area contributed by atoms with E-state index in [2.05, 4.69) is 5.32 Å². The van der Waals surface area contributed by atoms with Crippen molar-refractivity contribution in [2.75, 3.05) is 24.9 Å². The van der Waals surface area contributed by atoms with Crippen LogP contribution in [0.4, 0.5) is 10.1 Å². The normalized spacial score (nSPS) is 12.6. The van der Waals surface area contributed by atoms with Crippen LogP contribution < -0.4 is 9.62 Å². The maximum absolute atomic E-state index is 14.2. The number of anilines is 1. The van der Waals surface area contributed by atoms with Gasteiger partial charge < -0.3 is 10.2 Å². The van der Waals surface area contributed by atoms with Gasteiger partial charge in [-0.2, -0.15) is 12.7 Å². The van der Waals surface area contributed by atoms with Crippen molar-refractivity contribution in [1.82, 2.24) is 14.5 Å². The van der Waals surface area contributed by atoms with Crippen LogP contribution >= 0.6 is 11.6 Å². The number of benzene rings is 3. The molecule has 0 spiro atoms. The number of carbonyl (C=O) groups is 2. The molecule has 0 aromatic heterocycles. The highest BCUT2D eigenvalue weighted by Gasteiger charge is 2.35. The van der Waals surface area contributed by atoms with Gasteiger partial charge in [0, 0.05) is 37.6 Å². The zero-order valence-electron chi connectivity index (χ0n) is 23.8. The highest BCUT2D eigenvalue weighted by Crippen LogP contribution is 2.23. The highest BCUT2D eigenvalue weighted by atomic mass is 35.5. The number of rotatable bonds is 11. The first-order valence-corrected chi connectivity index (χ1v) is 14.8. The number of halogens is 2. The summed E-state index contributed by atoms with van der Waals surface area (Å²) in [6.07, 6.45) is 0.194. The Balaban J connectivity index is 2.10. The Bertz CT molecular complexity index is 1430. The number of hydrogen-bond donors (Lipinski definition) is 1. The van der Waals surface area contributed by atoms with Gasteiger partial charge in [-0.15, -0.1) is 0 Å². The fraction of sp³-hybridized carbons (Fsp3) is 0.333. The van der Waals surface area contributed by atoms with Gasteiger partial charge in [0.25, 0.3) is 0 Å². The lowest BCUT2D eigenvalue weighted by atomic mass is 10.0. The predicted octanol–water partition coefficient (Wildman–Crippen LogP) is 4.65. The van der Waals surface area contributed by atoms with Gasteiger partial charge >= 0.3 is 10.2 Å². The number of nitrogens with one attached hydrogen (secondary N) is 1. The molecule has 0 aliphatic rings. The van der Waals surface area contributed by atoms with Gasteiger partial charge in [0.1, 0.15) is 18.4 Å². The molecule has 3 aromatic rings. The van der Waals surface area contributed by atoms with Crippen LogP contribution in [0.1, 0.15) is 31.9 Å². The molecule has 0 saturated carbocycles. The first kappa shape index (κ1) is 32.0. The summed E-state index contributed by atoms with van der Waals surface area (Å²) in [5, 5.41) is 3.49. The third-order valence-electron chi connectivity index (χ3n) is 6.17. The largest absolute Gasteiger partial charge is 0.350 e. The molecule has 2 amide bonds. The number of hydrogen-bond acceptors (Lipinski definition) is 4. The molecule has 0 radical (unpaired) electrons. The van der Waals surface area contributed by atoms with E-state index in [-0.39, 0.29) is 24.6 Å². The van der Waals surface area contributed by atoms with Gasteiger partial charge in [-0.1, -0.05) is 54.1 Å². The van der Waals surface area contributed by atoms with Gasteiger partial charge in [-0.3, -0.25) is 9.59 Å². The Morgan fingerprint density at radius 2 is 1.49 bits per heavy atom. The number of carbonyl (C=O) groups excluding carboxylic acids is 2. The highest BCUT2D eigenvalue weighted by molar-refractivity contribution is 7.90. The first-order valence-electron chi connectivity index (χ1n) is 13.0. The van der Waals surface area contributed by atoms with Gasteiger partial charge in [-0.05, 0) is 68.3 Å². The summed E-state index contributed by atoms with van der Waals surface area (Å²) in [5.74, 6) is -1.54. The first-order chi connectivity index (χ1) is 19.2. The molecule has 3 rings (SSSR count). The maximum atomic E-state index is 14.2. The smallest absolute Gasteiger partial charge is 0.304 e. The van der Waals surface area contributed by atoms with E-state index in [1.165, 1.54) is 31.1 Å². The van der Waals surface area contributed by atoms with E-state index in [9.17, 15) is 22.4 Å². The zero-order valence-corrected chi connectivity index (χ0v) is 25.4. The Hall–Kier alpha value is -3.47. The van der Waals surface area contributed by atoms with Gasteiger partial charge in [0.2, 0.25) is 11.8 Å². The van der Waals surface area contributed by atoms with E-state index in [4.69, 9.17) is 11.6 Å². The molecule has 220 valence electrons. The van der Waals surface area contributed by atoms with Crippen molar-refractivity contribution in [3.63, 3.8) is 0 Å². The van der Waals surface area contributed by atoms with Gasteiger partial charge in [0.05, 0.1) is 5.69 Å². The Labute approximate surface area is 246 Å². The van der Waals surface area contributed by atoms with E-state index in [1.54, 1.807) is 24.3 Å². The van der Waals surface area contributed by atoms with Crippen LogP contribution in [0.3, 0.4) is 0 Å². The monoisotopic (exact) mass is 602 g/mol. The number of nitrogens with zero attached hydrogens (tertiary/aromatic N) is 3. The molecule has 8 nitrogen and oxygen atoms in total. The summed E-state index contributed by atoms with van der Waals surface area (Å²) >= 11 is 6.08. The molecule has 0 fully saturated rings. The molecule has 0 aliphatic carbocycles. The molecule has 0 saturated heterocycles. The Kier molecular flexibility index (Phi) is 10.5. The lowest BCUT2D eigenvalue weighted by Gasteiger charge is -2.35. The maximum Gasteiger partial charge on any atom is 0.304 e. The van der Waals surface area contributed by atoms with Crippen molar-refractivity contribution in [3.8, 4) is 0 Å². The third-order valence-corrected chi connectivity index (χ3v) is 8.24. The lowest BCUT2D eigenvalue weighted by Crippen LogP contribution is -2.56. The standard InChI is InChI=1S/C30H36ClFN4O4S/c1-30(2,3)33-29(38)27(19-22-9-7-6-8-10-22)35(20-23-11-13-24(31)14-12-23)28(37)21-36(41(39,40)34(4)5)26-17-15-25(32)16-18-26/h6-18,27H,19-21H2,1-5H3,(H,33,38). The van der Waals surface area contributed by atoms with Crippen LogP contribution in [0.15, 0.2) is 78.9 Å². The third kappa shape index (κ3) is 9.01. The molecular formula is C30H36ClFN4O4S. The van der Waals surface area contributed by atoms with Gasteiger partial charge in [-0.25, -0.2) is 8.70 Å². The predicted molar refractivity (Wildman–Crippen MR) is 160 cm³/mol. The summed E-state index contributed by atoms with van der Waals surface area (Å²) in [7, 11) is -1.48. The fourth-order valence-corrected chi connectivity index (χ4v) is 5.30.